The lowest BCUT2D eigenvalue weighted by Gasteiger charge is -2.32. The Balaban J connectivity index is 1.46. The van der Waals surface area contributed by atoms with E-state index in [2.05, 4.69) is 42.3 Å². The second-order valence-electron chi connectivity index (χ2n) is 6.92. The Labute approximate surface area is 153 Å². The van der Waals surface area contributed by atoms with E-state index >= 15 is 0 Å². The molecule has 1 aliphatic rings. The number of likely N-dealkylation sites (tertiary alicyclic amines) is 1. The van der Waals surface area contributed by atoms with Gasteiger partial charge in [-0.3, -0.25) is 4.90 Å². The number of rotatable bonds is 5. The van der Waals surface area contributed by atoms with Gasteiger partial charge in [-0.25, -0.2) is 15.0 Å². The summed E-state index contributed by atoms with van der Waals surface area (Å²) in [6.07, 6.45) is 9.77. The average molecular weight is 348 g/mol. The number of aromatic amines is 1. The summed E-state index contributed by atoms with van der Waals surface area (Å²) in [5.41, 5.74) is 3.63. The summed E-state index contributed by atoms with van der Waals surface area (Å²) in [6.45, 7) is 5.18. The van der Waals surface area contributed by atoms with Gasteiger partial charge in [-0.15, -0.1) is 0 Å². The van der Waals surface area contributed by atoms with Crippen LogP contribution in [0.1, 0.15) is 35.6 Å². The van der Waals surface area contributed by atoms with Crippen molar-refractivity contribution in [1.82, 2.24) is 24.8 Å². The van der Waals surface area contributed by atoms with E-state index in [9.17, 15) is 0 Å². The van der Waals surface area contributed by atoms with Gasteiger partial charge in [0.25, 0.3) is 0 Å². The van der Waals surface area contributed by atoms with Crippen LogP contribution in [0.5, 0.6) is 0 Å². The predicted octanol–water partition coefficient (Wildman–Crippen LogP) is 3.63. The minimum Gasteiger partial charge on any atom is -0.347 e. The lowest BCUT2D eigenvalue weighted by atomic mass is 9.91. The molecule has 2 N–H and O–H groups in total. The van der Waals surface area contributed by atoms with Crippen molar-refractivity contribution in [3.8, 4) is 0 Å². The van der Waals surface area contributed by atoms with Gasteiger partial charge in [0.1, 0.15) is 11.6 Å². The molecular weight excluding hydrogens is 324 g/mol. The molecule has 1 fully saturated rings. The average Bonchev–Trinajstić information content (AvgIpc) is 3.17. The number of aryl methyl sites for hydroxylation is 1. The number of piperidine rings is 1. The smallest absolute Gasteiger partial charge is 0.134 e. The molecule has 3 aromatic rings. The van der Waals surface area contributed by atoms with Crippen molar-refractivity contribution in [1.29, 1.82) is 0 Å². The molecule has 0 aliphatic carbocycles. The minimum atomic E-state index is 0.528. The molecule has 1 unspecified atom stereocenters. The number of imidazole rings is 1. The van der Waals surface area contributed by atoms with E-state index < -0.39 is 0 Å². The van der Waals surface area contributed by atoms with Gasteiger partial charge in [0.15, 0.2) is 0 Å². The fraction of sp³-hybridized carbons (Fsp3) is 0.350. The first-order valence-corrected chi connectivity index (χ1v) is 9.12. The first-order valence-electron chi connectivity index (χ1n) is 9.12. The molecule has 3 aromatic heterocycles. The normalized spacial score (nSPS) is 18.0. The summed E-state index contributed by atoms with van der Waals surface area (Å²) in [5.74, 6) is 2.25. The topological polar surface area (TPSA) is 69.7 Å². The van der Waals surface area contributed by atoms with Gasteiger partial charge in [-0.1, -0.05) is 6.07 Å². The molecule has 1 saturated heterocycles. The van der Waals surface area contributed by atoms with Crippen LogP contribution in [0, 0.1) is 6.92 Å². The molecule has 0 saturated carbocycles. The van der Waals surface area contributed by atoms with E-state index in [1.807, 2.05) is 31.5 Å². The van der Waals surface area contributed by atoms with Crippen LogP contribution in [0.3, 0.4) is 0 Å². The fourth-order valence-corrected chi connectivity index (χ4v) is 3.59. The third-order valence-electron chi connectivity index (χ3n) is 4.97. The minimum absolute atomic E-state index is 0.528. The van der Waals surface area contributed by atoms with Gasteiger partial charge in [0.05, 0.1) is 6.33 Å². The van der Waals surface area contributed by atoms with E-state index in [0.29, 0.717) is 5.92 Å². The Hall–Kier alpha value is -2.73. The summed E-state index contributed by atoms with van der Waals surface area (Å²) in [4.78, 5) is 18.7. The molecule has 0 amide bonds. The van der Waals surface area contributed by atoms with Crippen molar-refractivity contribution >= 4 is 11.6 Å². The van der Waals surface area contributed by atoms with Crippen molar-refractivity contribution in [2.45, 2.75) is 32.2 Å². The van der Waals surface area contributed by atoms with E-state index in [0.717, 1.165) is 36.8 Å². The molecular formula is C20H24N6. The highest BCUT2D eigenvalue weighted by molar-refractivity contribution is 5.56. The summed E-state index contributed by atoms with van der Waals surface area (Å²) in [5, 5.41) is 3.35. The highest BCUT2D eigenvalue weighted by atomic mass is 15.1. The summed E-state index contributed by atoms with van der Waals surface area (Å²) in [7, 11) is 0. The molecule has 0 bridgehead atoms. The van der Waals surface area contributed by atoms with Crippen LogP contribution in [-0.2, 0) is 6.54 Å². The largest absolute Gasteiger partial charge is 0.347 e. The van der Waals surface area contributed by atoms with Gasteiger partial charge < -0.3 is 10.3 Å². The van der Waals surface area contributed by atoms with E-state index in [1.54, 1.807) is 12.5 Å². The molecule has 6 heteroatoms. The maximum Gasteiger partial charge on any atom is 0.134 e. The molecule has 4 heterocycles. The first-order chi connectivity index (χ1) is 12.8. The lowest BCUT2D eigenvalue weighted by Crippen LogP contribution is -2.34. The molecule has 0 aromatic carbocycles. The monoisotopic (exact) mass is 348 g/mol. The van der Waals surface area contributed by atoms with E-state index in [1.165, 1.54) is 24.1 Å². The van der Waals surface area contributed by atoms with Crippen LogP contribution in [0.4, 0.5) is 11.6 Å². The molecule has 0 radical (unpaired) electrons. The molecule has 26 heavy (non-hydrogen) atoms. The van der Waals surface area contributed by atoms with Gasteiger partial charge in [0.2, 0.25) is 0 Å². The molecule has 1 atom stereocenters. The van der Waals surface area contributed by atoms with Crippen LogP contribution >= 0.6 is 0 Å². The summed E-state index contributed by atoms with van der Waals surface area (Å²) >= 11 is 0. The number of anilines is 2. The number of nitrogens with zero attached hydrogens (tertiary/aromatic N) is 4. The quantitative estimate of drug-likeness (QED) is 0.737. The molecule has 4 rings (SSSR count). The lowest BCUT2D eigenvalue weighted by molar-refractivity contribution is 0.198. The standard InChI is InChI=1S/C20H24N6/c1-15-4-2-7-23-20(15)25-19-10-16(6-8-22-19)17-5-3-9-26(12-17)13-18-11-21-14-24-18/h2,4,6-8,10-11,14,17H,3,5,9,12-13H2,1H3,(H,21,24)(H,22,23,25). The number of hydrogen-bond acceptors (Lipinski definition) is 5. The van der Waals surface area contributed by atoms with Crippen LogP contribution in [0.2, 0.25) is 0 Å². The zero-order valence-electron chi connectivity index (χ0n) is 15.0. The van der Waals surface area contributed by atoms with Gasteiger partial charge >= 0.3 is 0 Å². The van der Waals surface area contributed by atoms with Crippen LogP contribution in [0.15, 0.2) is 49.2 Å². The maximum atomic E-state index is 4.47. The van der Waals surface area contributed by atoms with Crippen molar-refractivity contribution in [2.75, 3.05) is 18.4 Å². The zero-order valence-corrected chi connectivity index (χ0v) is 15.0. The molecule has 6 nitrogen and oxygen atoms in total. The zero-order chi connectivity index (χ0) is 17.8. The number of aromatic nitrogens is 4. The molecule has 1 aliphatic heterocycles. The number of H-pyrrole nitrogens is 1. The second-order valence-corrected chi connectivity index (χ2v) is 6.92. The number of nitrogens with one attached hydrogen (secondary N) is 2. The second kappa shape index (κ2) is 7.66. The van der Waals surface area contributed by atoms with Crippen LogP contribution in [-0.4, -0.2) is 37.9 Å². The third-order valence-corrected chi connectivity index (χ3v) is 4.97. The van der Waals surface area contributed by atoms with Gasteiger partial charge in [-0.05, 0) is 61.6 Å². The first kappa shape index (κ1) is 16.7. The molecule has 0 spiro atoms. The van der Waals surface area contributed by atoms with Crippen molar-refractivity contribution in [3.63, 3.8) is 0 Å². The number of pyridine rings is 2. The van der Waals surface area contributed by atoms with E-state index in [-0.39, 0.29) is 0 Å². The summed E-state index contributed by atoms with van der Waals surface area (Å²) < 4.78 is 0. The number of hydrogen-bond donors (Lipinski definition) is 2. The van der Waals surface area contributed by atoms with Crippen molar-refractivity contribution in [2.24, 2.45) is 0 Å². The Kier molecular flexibility index (Phi) is 4.93. The summed E-state index contributed by atoms with van der Waals surface area (Å²) in [6, 6.07) is 8.30. The third kappa shape index (κ3) is 3.91. The highest BCUT2D eigenvalue weighted by Crippen LogP contribution is 2.29. The maximum absolute atomic E-state index is 4.47. The Morgan fingerprint density at radius 1 is 1.27 bits per heavy atom. The van der Waals surface area contributed by atoms with E-state index in [4.69, 9.17) is 0 Å². The highest BCUT2D eigenvalue weighted by Gasteiger charge is 2.22. The fourth-order valence-electron chi connectivity index (χ4n) is 3.59. The van der Waals surface area contributed by atoms with Crippen LogP contribution in [0.25, 0.3) is 0 Å². The Morgan fingerprint density at radius 2 is 2.23 bits per heavy atom. The van der Waals surface area contributed by atoms with Crippen LogP contribution < -0.4 is 5.32 Å². The Bertz CT molecular complexity index is 845. The predicted molar refractivity (Wildman–Crippen MR) is 102 cm³/mol. The SMILES string of the molecule is Cc1cccnc1Nc1cc(C2CCCN(Cc3cnc[nH]3)C2)ccn1. The van der Waals surface area contributed by atoms with Gasteiger partial charge in [0, 0.05) is 37.4 Å². The molecule has 134 valence electrons. The van der Waals surface area contributed by atoms with Gasteiger partial charge in [-0.2, -0.15) is 0 Å². The Morgan fingerprint density at radius 3 is 3.08 bits per heavy atom. The van der Waals surface area contributed by atoms with Crippen molar-refractivity contribution < 1.29 is 0 Å². The van der Waals surface area contributed by atoms with Crippen molar-refractivity contribution in [3.05, 3.63) is 66.0 Å².